The van der Waals surface area contributed by atoms with Crippen LogP contribution in [0, 0.1) is 0 Å². The van der Waals surface area contributed by atoms with Crippen LogP contribution < -0.4 is 9.47 Å². The van der Waals surface area contributed by atoms with E-state index in [0.29, 0.717) is 38.9 Å². The molecule has 0 fully saturated rings. The molecule has 2 aromatic carbocycles. The molecule has 1 aromatic heterocycles. The molecule has 44 heavy (non-hydrogen) atoms. The van der Waals surface area contributed by atoms with E-state index in [-0.39, 0.29) is 5.97 Å². The first-order chi connectivity index (χ1) is 21.7. The SMILES string of the molecule is C=CCOOCCCCCCOc1ccc(-c2ncc(CCc3ccc(OCCCCCCOC(=O)C=C)cc3)cn2)cc1. The number of hydrogen-bond donors (Lipinski definition) is 0. The highest BCUT2D eigenvalue weighted by molar-refractivity contribution is 5.81. The van der Waals surface area contributed by atoms with Crippen molar-refractivity contribution in [2.24, 2.45) is 0 Å². The van der Waals surface area contributed by atoms with Crippen LogP contribution in [0.25, 0.3) is 11.4 Å². The van der Waals surface area contributed by atoms with Crippen LogP contribution in [0.2, 0.25) is 0 Å². The van der Waals surface area contributed by atoms with Gasteiger partial charge in [0.25, 0.3) is 0 Å². The normalized spacial score (nSPS) is 10.7. The van der Waals surface area contributed by atoms with E-state index in [9.17, 15) is 4.79 Å². The molecule has 1 heterocycles. The molecule has 3 aromatic rings. The van der Waals surface area contributed by atoms with Gasteiger partial charge in [0.15, 0.2) is 5.82 Å². The molecule has 3 rings (SSSR count). The van der Waals surface area contributed by atoms with Crippen LogP contribution in [-0.2, 0) is 32.1 Å². The van der Waals surface area contributed by atoms with Gasteiger partial charge in [0.05, 0.1) is 26.4 Å². The largest absolute Gasteiger partial charge is 0.494 e. The van der Waals surface area contributed by atoms with E-state index in [2.05, 4.69) is 35.3 Å². The van der Waals surface area contributed by atoms with E-state index in [4.69, 9.17) is 24.0 Å². The zero-order chi connectivity index (χ0) is 31.1. The molecule has 236 valence electrons. The van der Waals surface area contributed by atoms with Gasteiger partial charge < -0.3 is 14.2 Å². The van der Waals surface area contributed by atoms with E-state index >= 15 is 0 Å². The Morgan fingerprint density at radius 2 is 1.18 bits per heavy atom. The molecule has 0 aliphatic carbocycles. The van der Waals surface area contributed by atoms with Gasteiger partial charge in [0.1, 0.15) is 18.1 Å². The van der Waals surface area contributed by atoms with Crippen molar-refractivity contribution >= 4 is 5.97 Å². The summed E-state index contributed by atoms with van der Waals surface area (Å²) in [5.41, 5.74) is 3.31. The summed E-state index contributed by atoms with van der Waals surface area (Å²) in [6.45, 7) is 9.79. The molecule has 0 atom stereocenters. The fourth-order valence-corrected chi connectivity index (χ4v) is 4.32. The number of esters is 1. The molecule has 0 saturated heterocycles. The highest BCUT2D eigenvalue weighted by Crippen LogP contribution is 2.20. The zero-order valence-corrected chi connectivity index (χ0v) is 25.8. The number of unbranched alkanes of at least 4 members (excludes halogenated alkanes) is 6. The van der Waals surface area contributed by atoms with Crippen molar-refractivity contribution in [1.29, 1.82) is 0 Å². The summed E-state index contributed by atoms with van der Waals surface area (Å²) in [5, 5.41) is 0. The second-order valence-electron chi connectivity index (χ2n) is 10.4. The number of benzene rings is 2. The predicted octanol–water partition coefficient (Wildman–Crippen LogP) is 7.67. The van der Waals surface area contributed by atoms with Crippen LogP contribution in [-0.4, -0.2) is 49.0 Å². The quantitative estimate of drug-likeness (QED) is 0.0258. The maximum absolute atomic E-state index is 11.0. The van der Waals surface area contributed by atoms with Crippen molar-refractivity contribution in [3.05, 3.63) is 97.4 Å². The standard InChI is InChI=1S/C36H46N2O6/c1-3-23-43-44-27-12-8-7-10-25-41-34-21-17-32(18-22-34)36-37-28-31(29-38-36)14-13-30-15-19-33(20-16-30)40-24-9-5-6-11-26-42-35(39)4-2/h3-4,15-22,28-29H,1-2,5-14,23-27H2. The highest BCUT2D eigenvalue weighted by Gasteiger charge is 2.04. The summed E-state index contributed by atoms with van der Waals surface area (Å²) in [4.78, 5) is 30.1. The van der Waals surface area contributed by atoms with Crippen LogP contribution in [0.1, 0.15) is 62.5 Å². The Morgan fingerprint density at radius 3 is 1.77 bits per heavy atom. The van der Waals surface area contributed by atoms with Gasteiger partial charge in [-0.05, 0) is 105 Å². The molecule has 0 saturated carbocycles. The molecule has 0 N–H and O–H groups in total. The third-order valence-electron chi connectivity index (χ3n) is 6.82. The number of hydrogen-bond acceptors (Lipinski definition) is 8. The van der Waals surface area contributed by atoms with Crippen molar-refractivity contribution in [2.45, 2.75) is 64.2 Å². The van der Waals surface area contributed by atoms with Gasteiger partial charge in [-0.1, -0.05) is 31.2 Å². The molecule has 0 amide bonds. The van der Waals surface area contributed by atoms with E-state index < -0.39 is 0 Å². The van der Waals surface area contributed by atoms with Crippen LogP contribution in [0.15, 0.2) is 86.2 Å². The molecule has 0 aliphatic rings. The highest BCUT2D eigenvalue weighted by atomic mass is 17.2. The fourth-order valence-electron chi connectivity index (χ4n) is 4.32. The number of aryl methyl sites for hydroxylation is 2. The van der Waals surface area contributed by atoms with E-state index in [0.717, 1.165) is 86.8 Å². The number of nitrogens with zero attached hydrogens (tertiary/aromatic N) is 2. The zero-order valence-electron chi connectivity index (χ0n) is 25.8. The Labute approximate surface area is 262 Å². The number of ether oxygens (including phenoxy) is 3. The lowest BCUT2D eigenvalue weighted by Gasteiger charge is -2.08. The fraction of sp³-hybridized carbons (Fsp3) is 0.417. The van der Waals surface area contributed by atoms with Crippen molar-refractivity contribution in [1.82, 2.24) is 9.97 Å². The minimum Gasteiger partial charge on any atom is -0.494 e. The molecule has 0 spiro atoms. The van der Waals surface area contributed by atoms with E-state index in [1.165, 1.54) is 11.6 Å². The Morgan fingerprint density at radius 1 is 0.636 bits per heavy atom. The molecule has 0 unspecified atom stereocenters. The molecule has 0 aliphatic heterocycles. The third-order valence-corrected chi connectivity index (χ3v) is 6.82. The van der Waals surface area contributed by atoms with Crippen molar-refractivity contribution in [3.8, 4) is 22.9 Å². The van der Waals surface area contributed by atoms with Gasteiger partial charge in [-0.25, -0.2) is 24.5 Å². The summed E-state index contributed by atoms with van der Waals surface area (Å²) < 4.78 is 16.7. The summed E-state index contributed by atoms with van der Waals surface area (Å²) >= 11 is 0. The average molecular weight is 603 g/mol. The molecule has 8 heteroatoms. The van der Waals surface area contributed by atoms with Crippen LogP contribution in [0.4, 0.5) is 0 Å². The van der Waals surface area contributed by atoms with Crippen LogP contribution >= 0.6 is 0 Å². The number of rotatable bonds is 24. The first-order valence-corrected chi connectivity index (χ1v) is 15.6. The average Bonchev–Trinajstić information content (AvgIpc) is 3.06. The Balaban J connectivity index is 1.27. The van der Waals surface area contributed by atoms with Crippen molar-refractivity contribution < 1.29 is 28.8 Å². The minimum atomic E-state index is -0.362. The second-order valence-corrected chi connectivity index (χ2v) is 10.4. The van der Waals surface area contributed by atoms with Crippen molar-refractivity contribution in [2.75, 3.05) is 33.0 Å². The van der Waals surface area contributed by atoms with Gasteiger partial charge in [0, 0.05) is 24.0 Å². The second kappa shape index (κ2) is 21.6. The minimum absolute atomic E-state index is 0.362. The Hall–Kier alpha value is -4.01. The van der Waals surface area contributed by atoms with Gasteiger partial charge in [-0.15, -0.1) is 6.58 Å². The van der Waals surface area contributed by atoms with Crippen LogP contribution in [0.3, 0.4) is 0 Å². The van der Waals surface area contributed by atoms with Gasteiger partial charge in [-0.2, -0.15) is 0 Å². The van der Waals surface area contributed by atoms with Gasteiger partial charge in [0.2, 0.25) is 0 Å². The maximum atomic E-state index is 11.0. The lowest BCUT2D eigenvalue weighted by molar-refractivity contribution is -0.286. The summed E-state index contributed by atoms with van der Waals surface area (Å²) in [6.07, 6.45) is 16.4. The molecule has 0 bridgehead atoms. The smallest absolute Gasteiger partial charge is 0.330 e. The summed E-state index contributed by atoms with van der Waals surface area (Å²) in [6, 6.07) is 16.2. The topological polar surface area (TPSA) is 89.0 Å². The number of carbonyl (C=O) groups is 1. The lowest BCUT2D eigenvalue weighted by atomic mass is 10.1. The first kappa shape index (κ1) is 34.5. The Kier molecular flexibility index (Phi) is 17.0. The lowest BCUT2D eigenvalue weighted by Crippen LogP contribution is -2.02. The number of carbonyl (C=O) groups excluding carboxylic acids is 1. The van der Waals surface area contributed by atoms with E-state index in [1.54, 1.807) is 6.08 Å². The third kappa shape index (κ3) is 14.4. The first-order valence-electron chi connectivity index (χ1n) is 15.6. The van der Waals surface area contributed by atoms with Crippen molar-refractivity contribution in [3.63, 3.8) is 0 Å². The maximum Gasteiger partial charge on any atom is 0.330 e. The van der Waals surface area contributed by atoms with Crippen LogP contribution in [0.5, 0.6) is 11.5 Å². The molecular formula is C36H46N2O6. The predicted molar refractivity (Wildman–Crippen MR) is 173 cm³/mol. The Bertz CT molecular complexity index is 1210. The number of aromatic nitrogens is 2. The van der Waals surface area contributed by atoms with E-state index in [1.807, 2.05) is 48.8 Å². The molecular weight excluding hydrogens is 556 g/mol. The summed E-state index contributed by atoms with van der Waals surface area (Å²) in [7, 11) is 0. The van der Waals surface area contributed by atoms with Gasteiger partial charge in [-0.3, -0.25) is 0 Å². The monoisotopic (exact) mass is 602 g/mol. The van der Waals surface area contributed by atoms with Gasteiger partial charge >= 0.3 is 5.97 Å². The summed E-state index contributed by atoms with van der Waals surface area (Å²) in [5.74, 6) is 2.07. The molecule has 8 nitrogen and oxygen atoms in total. The molecule has 0 radical (unpaired) electrons.